The fraction of sp³-hybridized carbons (Fsp3) is 0.429. The van der Waals surface area contributed by atoms with Gasteiger partial charge in [-0.25, -0.2) is 0 Å². The lowest BCUT2D eigenvalue weighted by molar-refractivity contribution is -0.146. The number of ether oxygens (including phenoxy) is 1. The van der Waals surface area contributed by atoms with Crippen molar-refractivity contribution in [3.05, 3.63) is 12.2 Å². The molecule has 2 N–H and O–H groups in total. The Morgan fingerprint density at radius 2 is 2.33 bits per heavy atom. The molecule has 0 aromatic carbocycles. The van der Waals surface area contributed by atoms with Gasteiger partial charge in [-0.2, -0.15) is 0 Å². The molecule has 0 aromatic rings. The lowest BCUT2D eigenvalue weighted by atomic mass is 10.1. The molecule has 0 saturated carbocycles. The predicted molar refractivity (Wildman–Crippen MR) is 38.8 cm³/mol. The summed E-state index contributed by atoms with van der Waals surface area (Å²) >= 11 is 0. The number of hydrogen-bond acceptors (Lipinski definition) is 4. The van der Waals surface area contributed by atoms with Crippen molar-refractivity contribution in [2.75, 3.05) is 7.11 Å². The van der Waals surface area contributed by atoms with Gasteiger partial charge < -0.3 is 9.84 Å². The summed E-state index contributed by atoms with van der Waals surface area (Å²) in [5.41, 5.74) is 0. The van der Waals surface area contributed by atoms with Crippen LogP contribution in [0.2, 0.25) is 0 Å². The standard InChI is InChI=1S/C7H9NO4/c1-12-7(11)4-2-3-5(9)8-6(4)10/h2-4,7,11H,1H3,(H,8,9,10). The normalized spacial score (nSPS) is 25.3. The molecule has 2 amide bonds. The molecule has 2 unspecified atom stereocenters. The highest BCUT2D eigenvalue weighted by molar-refractivity contribution is 6.05. The van der Waals surface area contributed by atoms with Crippen LogP contribution < -0.4 is 5.32 Å². The maximum atomic E-state index is 11.0. The molecule has 0 saturated heterocycles. The monoisotopic (exact) mass is 171 g/mol. The summed E-state index contributed by atoms with van der Waals surface area (Å²) in [5.74, 6) is -1.82. The molecule has 0 aromatic heterocycles. The highest BCUT2D eigenvalue weighted by atomic mass is 16.6. The van der Waals surface area contributed by atoms with Crippen molar-refractivity contribution >= 4 is 11.8 Å². The summed E-state index contributed by atoms with van der Waals surface area (Å²) < 4.78 is 4.53. The van der Waals surface area contributed by atoms with Crippen LogP contribution in [0, 0.1) is 5.92 Å². The quantitative estimate of drug-likeness (QED) is 0.403. The molecule has 5 nitrogen and oxygen atoms in total. The van der Waals surface area contributed by atoms with Gasteiger partial charge >= 0.3 is 0 Å². The molecule has 1 aliphatic heterocycles. The molecule has 0 radical (unpaired) electrons. The third-order valence-corrected chi connectivity index (χ3v) is 1.55. The van der Waals surface area contributed by atoms with Gasteiger partial charge in [0.25, 0.3) is 0 Å². The van der Waals surface area contributed by atoms with Gasteiger partial charge in [-0.1, -0.05) is 6.08 Å². The molecule has 0 spiro atoms. The zero-order valence-electron chi connectivity index (χ0n) is 6.48. The number of methoxy groups -OCH3 is 1. The van der Waals surface area contributed by atoms with E-state index < -0.39 is 24.0 Å². The average molecular weight is 171 g/mol. The van der Waals surface area contributed by atoms with Crippen LogP contribution in [-0.2, 0) is 14.3 Å². The Balaban J connectivity index is 2.72. The molecule has 1 aliphatic rings. The van der Waals surface area contributed by atoms with Crippen molar-refractivity contribution in [2.45, 2.75) is 6.29 Å². The van der Waals surface area contributed by atoms with E-state index in [4.69, 9.17) is 5.11 Å². The Kier molecular flexibility index (Phi) is 2.57. The first-order valence-electron chi connectivity index (χ1n) is 3.39. The summed E-state index contributed by atoms with van der Waals surface area (Å²) in [6.07, 6.45) is 1.30. The van der Waals surface area contributed by atoms with E-state index in [0.29, 0.717) is 0 Å². The number of nitrogens with one attached hydrogen (secondary N) is 1. The lowest BCUT2D eigenvalue weighted by Gasteiger charge is -2.19. The van der Waals surface area contributed by atoms with Crippen molar-refractivity contribution in [1.29, 1.82) is 0 Å². The molecule has 1 rings (SSSR count). The topological polar surface area (TPSA) is 75.6 Å². The number of aliphatic hydroxyl groups is 1. The first-order valence-corrected chi connectivity index (χ1v) is 3.39. The second kappa shape index (κ2) is 3.46. The van der Waals surface area contributed by atoms with Crippen LogP contribution in [0.1, 0.15) is 0 Å². The highest BCUT2D eigenvalue weighted by Gasteiger charge is 2.28. The second-order valence-corrected chi connectivity index (χ2v) is 2.36. The van der Waals surface area contributed by atoms with Crippen LogP contribution in [0.15, 0.2) is 12.2 Å². The van der Waals surface area contributed by atoms with Crippen molar-refractivity contribution in [1.82, 2.24) is 5.32 Å². The van der Waals surface area contributed by atoms with Gasteiger partial charge in [0.1, 0.15) is 5.92 Å². The maximum Gasteiger partial charge on any atom is 0.250 e. The van der Waals surface area contributed by atoms with Crippen LogP contribution in [-0.4, -0.2) is 30.3 Å². The third kappa shape index (κ3) is 1.69. The molecule has 12 heavy (non-hydrogen) atoms. The van der Waals surface area contributed by atoms with Gasteiger partial charge in [-0.15, -0.1) is 0 Å². The van der Waals surface area contributed by atoms with E-state index in [0.717, 1.165) is 0 Å². The molecule has 0 fully saturated rings. The molecule has 1 heterocycles. The Morgan fingerprint density at radius 1 is 1.67 bits per heavy atom. The number of aliphatic hydroxyl groups excluding tert-OH is 1. The average Bonchev–Trinajstić information content (AvgIpc) is 2.03. The van der Waals surface area contributed by atoms with Crippen LogP contribution in [0.3, 0.4) is 0 Å². The van der Waals surface area contributed by atoms with Crippen LogP contribution in [0.5, 0.6) is 0 Å². The maximum absolute atomic E-state index is 11.0. The SMILES string of the molecule is COC(O)C1C=CC(=O)NC1=O. The van der Waals surface area contributed by atoms with Crippen molar-refractivity contribution in [2.24, 2.45) is 5.92 Å². The number of imide groups is 1. The highest BCUT2D eigenvalue weighted by Crippen LogP contribution is 2.09. The predicted octanol–water partition coefficient (Wildman–Crippen LogP) is -1.22. The smallest absolute Gasteiger partial charge is 0.250 e. The molecule has 0 bridgehead atoms. The van der Waals surface area contributed by atoms with E-state index in [-0.39, 0.29) is 0 Å². The summed E-state index contributed by atoms with van der Waals surface area (Å²) in [6.45, 7) is 0. The second-order valence-electron chi connectivity index (χ2n) is 2.36. The van der Waals surface area contributed by atoms with E-state index in [2.05, 4.69) is 4.74 Å². The summed E-state index contributed by atoms with van der Waals surface area (Å²) in [4.78, 5) is 21.6. The zero-order valence-corrected chi connectivity index (χ0v) is 6.48. The van der Waals surface area contributed by atoms with Crippen molar-refractivity contribution < 1.29 is 19.4 Å². The molecule has 66 valence electrons. The van der Waals surface area contributed by atoms with E-state index in [1.807, 2.05) is 5.32 Å². The summed E-state index contributed by atoms with van der Waals surface area (Å²) in [5, 5.41) is 11.1. The van der Waals surface area contributed by atoms with Gasteiger partial charge in [0.15, 0.2) is 6.29 Å². The minimum atomic E-state index is -1.20. The molecule has 5 heteroatoms. The first kappa shape index (κ1) is 8.89. The minimum Gasteiger partial charge on any atom is -0.367 e. The molecular formula is C7H9NO4. The van der Waals surface area contributed by atoms with Gasteiger partial charge in [-0.05, 0) is 0 Å². The van der Waals surface area contributed by atoms with Crippen LogP contribution in [0.25, 0.3) is 0 Å². The van der Waals surface area contributed by atoms with Gasteiger partial charge in [0, 0.05) is 13.2 Å². The summed E-state index contributed by atoms with van der Waals surface area (Å²) in [6, 6.07) is 0. The number of carbonyl (C=O) groups is 2. The lowest BCUT2D eigenvalue weighted by Crippen LogP contribution is -2.42. The van der Waals surface area contributed by atoms with E-state index >= 15 is 0 Å². The van der Waals surface area contributed by atoms with Crippen LogP contribution >= 0.6 is 0 Å². The Bertz CT molecular complexity index is 236. The number of carbonyl (C=O) groups excluding carboxylic acids is 2. The van der Waals surface area contributed by atoms with E-state index in [9.17, 15) is 9.59 Å². The Morgan fingerprint density at radius 3 is 2.83 bits per heavy atom. The van der Waals surface area contributed by atoms with E-state index in [1.165, 1.54) is 19.3 Å². The first-order chi connectivity index (χ1) is 5.65. The van der Waals surface area contributed by atoms with Crippen molar-refractivity contribution in [3.63, 3.8) is 0 Å². The Labute approximate surface area is 69.0 Å². The van der Waals surface area contributed by atoms with Gasteiger partial charge in [-0.3, -0.25) is 14.9 Å². The van der Waals surface area contributed by atoms with E-state index in [1.54, 1.807) is 0 Å². The molecular weight excluding hydrogens is 162 g/mol. The molecule has 2 atom stereocenters. The number of amides is 2. The summed E-state index contributed by atoms with van der Waals surface area (Å²) in [7, 11) is 1.28. The molecule has 0 aliphatic carbocycles. The Hall–Kier alpha value is -1.20. The third-order valence-electron chi connectivity index (χ3n) is 1.55. The van der Waals surface area contributed by atoms with Crippen LogP contribution in [0.4, 0.5) is 0 Å². The number of hydrogen-bond donors (Lipinski definition) is 2. The minimum absolute atomic E-state index is 0.473. The zero-order chi connectivity index (χ0) is 9.14. The largest absolute Gasteiger partial charge is 0.367 e. The number of rotatable bonds is 2. The fourth-order valence-electron chi connectivity index (χ4n) is 0.896. The van der Waals surface area contributed by atoms with Gasteiger partial charge in [0.05, 0.1) is 0 Å². The van der Waals surface area contributed by atoms with Gasteiger partial charge in [0.2, 0.25) is 11.8 Å². The fourth-order valence-corrected chi connectivity index (χ4v) is 0.896. The van der Waals surface area contributed by atoms with Crippen molar-refractivity contribution in [3.8, 4) is 0 Å².